The maximum Gasteiger partial charge on any atom is 0.0628 e. The van der Waals surface area contributed by atoms with E-state index >= 15 is 0 Å². The zero-order valence-corrected chi connectivity index (χ0v) is 11.0. The van der Waals surface area contributed by atoms with Crippen molar-refractivity contribution < 1.29 is 5.11 Å². The Labute approximate surface area is 99.9 Å². The summed E-state index contributed by atoms with van der Waals surface area (Å²) >= 11 is 3.44. The van der Waals surface area contributed by atoms with Gasteiger partial charge >= 0.3 is 0 Å². The molecule has 0 aliphatic heterocycles. The van der Waals surface area contributed by atoms with Gasteiger partial charge in [-0.05, 0) is 36.2 Å². The van der Waals surface area contributed by atoms with Crippen LogP contribution in [0.1, 0.15) is 31.6 Å². The van der Waals surface area contributed by atoms with Crippen molar-refractivity contribution in [3.8, 4) is 0 Å². The van der Waals surface area contributed by atoms with E-state index in [0.29, 0.717) is 0 Å². The Morgan fingerprint density at radius 1 is 1.40 bits per heavy atom. The summed E-state index contributed by atoms with van der Waals surface area (Å²) in [5, 5.41) is 14.2. The summed E-state index contributed by atoms with van der Waals surface area (Å²) in [5.74, 6) is 0. The Morgan fingerprint density at radius 2 is 2.07 bits per heavy atom. The molecule has 1 aromatic heterocycles. The van der Waals surface area contributed by atoms with Crippen molar-refractivity contribution in [2.45, 2.75) is 43.4 Å². The van der Waals surface area contributed by atoms with Crippen LogP contribution in [0.3, 0.4) is 0 Å². The van der Waals surface area contributed by atoms with Crippen molar-refractivity contribution in [3.63, 3.8) is 0 Å². The smallest absolute Gasteiger partial charge is 0.0628 e. The predicted octanol–water partition coefficient (Wildman–Crippen LogP) is 2.64. The predicted molar refractivity (Wildman–Crippen MR) is 69.4 cm³/mol. The molecule has 1 rings (SSSR count). The van der Waals surface area contributed by atoms with Gasteiger partial charge in [-0.15, -0.1) is 11.8 Å². The van der Waals surface area contributed by atoms with Gasteiger partial charge in [0.2, 0.25) is 0 Å². The second-order valence-corrected chi connectivity index (χ2v) is 6.22. The van der Waals surface area contributed by atoms with Crippen LogP contribution in [0.15, 0.2) is 16.8 Å². The second kappa shape index (κ2) is 5.89. The molecular formula is C11H19NOS2. The summed E-state index contributed by atoms with van der Waals surface area (Å²) in [6, 6.07) is 2.21. The molecule has 0 radical (unpaired) electrons. The molecule has 2 nitrogen and oxygen atoms in total. The highest BCUT2D eigenvalue weighted by molar-refractivity contribution is 8.00. The molecule has 0 spiro atoms. The number of thioether (sulfide) groups is 1. The molecule has 0 aliphatic rings. The van der Waals surface area contributed by atoms with Gasteiger partial charge in [-0.2, -0.15) is 11.3 Å². The van der Waals surface area contributed by atoms with E-state index < -0.39 is 0 Å². The number of aliphatic hydroxyl groups excluding tert-OH is 1. The van der Waals surface area contributed by atoms with E-state index in [2.05, 4.69) is 16.8 Å². The Balaban J connectivity index is 2.68. The topological polar surface area (TPSA) is 46.2 Å². The third-order valence-electron chi connectivity index (χ3n) is 2.39. The zero-order chi connectivity index (χ0) is 11.4. The molecule has 15 heavy (non-hydrogen) atoms. The van der Waals surface area contributed by atoms with Gasteiger partial charge in [-0.25, -0.2) is 0 Å². The SMILES string of the molecule is CC(N)C(SC(C)C(C)O)c1ccsc1. The van der Waals surface area contributed by atoms with Crippen LogP contribution in [0.4, 0.5) is 0 Å². The summed E-state index contributed by atoms with van der Waals surface area (Å²) in [7, 11) is 0. The maximum absolute atomic E-state index is 9.49. The van der Waals surface area contributed by atoms with Gasteiger partial charge in [-0.3, -0.25) is 0 Å². The Bertz CT molecular complexity index is 272. The fourth-order valence-electron chi connectivity index (χ4n) is 1.29. The molecule has 86 valence electrons. The Kier molecular flexibility index (Phi) is 5.12. The molecule has 0 bridgehead atoms. The standard InChI is InChI=1S/C11H19NOS2/c1-7(12)11(10-4-5-14-6-10)15-9(3)8(2)13/h4-9,11,13H,12H2,1-3H3. The Morgan fingerprint density at radius 3 is 2.47 bits per heavy atom. The van der Waals surface area contributed by atoms with E-state index in [4.69, 9.17) is 5.73 Å². The van der Waals surface area contributed by atoms with E-state index in [1.807, 2.05) is 20.8 Å². The van der Waals surface area contributed by atoms with Crippen LogP contribution < -0.4 is 5.73 Å². The molecule has 1 aromatic rings. The highest BCUT2D eigenvalue weighted by Gasteiger charge is 2.22. The van der Waals surface area contributed by atoms with Crippen LogP contribution in [0.2, 0.25) is 0 Å². The minimum atomic E-state index is -0.296. The Hall–Kier alpha value is -0.0300. The average Bonchev–Trinajstić information content (AvgIpc) is 2.65. The molecule has 1 heterocycles. The minimum absolute atomic E-state index is 0.103. The first-order valence-electron chi connectivity index (χ1n) is 5.13. The van der Waals surface area contributed by atoms with E-state index in [9.17, 15) is 5.11 Å². The number of rotatable bonds is 5. The molecule has 0 saturated heterocycles. The van der Waals surface area contributed by atoms with Crippen molar-refractivity contribution >= 4 is 23.1 Å². The fourth-order valence-corrected chi connectivity index (χ4v) is 3.31. The summed E-state index contributed by atoms with van der Waals surface area (Å²) in [6.45, 7) is 5.88. The largest absolute Gasteiger partial charge is 0.392 e. The molecule has 4 unspecified atom stereocenters. The quantitative estimate of drug-likeness (QED) is 0.838. The lowest BCUT2D eigenvalue weighted by atomic mass is 10.1. The first-order valence-corrected chi connectivity index (χ1v) is 7.02. The van der Waals surface area contributed by atoms with Gasteiger partial charge in [0.05, 0.1) is 6.10 Å². The van der Waals surface area contributed by atoms with E-state index in [0.717, 1.165) is 0 Å². The first kappa shape index (κ1) is 13.0. The molecule has 0 aromatic carbocycles. The fraction of sp³-hybridized carbons (Fsp3) is 0.636. The summed E-state index contributed by atoms with van der Waals surface area (Å²) in [4.78, 5) is 0. The summed E-state index contributed by atoms with van der Waals surface area (Å²) < 4.78 is 0. The number of thiophene rings is 1. The third-order valence-corrected chi connectivity index (χ3v) is 4.91. The van der Waals surface area contributed by atoms with Crippen molar-refractivity contribution in [1.82, 2.24) is 0 Å². The van der Waals surface area contributed by atoms with Crippen molar-refractivity contribution in [2.24, 2.45) is 5.73 Å². The van der Waals surface area contributed by atoms with Crippen molar-refractivity contribution in [2.75, 3.05) is 0 Å². The second-order valence-electron chi connectivity index (χ2n) is 3.92. The lowest BCUT2D eigenvalue weighted by Gasteiger charge is -2.24. The number of hydrogen-bond acceptors (Lipinski definition) is 4. The van der Waals surface area contributed by atoms with Crippen LogP contribution in [-0.4, -0.2) is 22.5 Å². The zero-order valence-electron chi connectivity index (χ0n) is 9.38. The highest BCUT2D eigenvalue weighted by atomic mass is 32.2. The molecule has 0 fully saturated rings. The van der Waals surface area contributed by atoms with Gasteiger partial charge in [0.15, 0.2) is 0 Å². The van der Waals surface area contributed by atoms with E-state index in [1.54, 1.807) is 23.1 Å². The van der Waals surface area contributed by atoms with Crippen molar-refractivity contribution in [1.29, 1.82) is 0 Å². The van der Waals surface area contributed by atoms with Gasteiger partial charge in [0.25, 0.3) is 0 Å². The first-order chi connectivity index (χ1) is 7.02. The molecular weight excluding hydrogens is 226 g/mol. The van der Waals surface area contributed by atoms with E-state index in [-0.39, 0.29) is 22.6 Å². The van der Waals surface area contributed by atoms with Gasteiger partial charge in [0.1, 0.15) is 0 Å². The third kappa shape index (κ3) is 3.79. The van der Waals surface area contributed by atoms with Crippen LogP contribution in [-0.2, 0) is 0 Å². The van der Waals surface area contributed by atoms with Crippen LogP contribution in [0.25, 0.3) is 0 Å². The lowest BCUT2D eigenvalue weighted by Crippen LogP contribution is -2.26. The maximum atomic E-state index is 9.49. The average molecular weight is 245 g/mol. The van der Waals surface area contributed by atoms with Gasteiger partial charge in [-0.1, -0.05) is 6.92 Å². The van der Waals surface area contributed by atoms with Crippen LogP contribution in [0.5, 0.6) is 0 Å². The summed E-state index contributed by atoms with van der Waals surface area (Å²) in [6.07, 6.45) is -0.296. The van der Waals surface area contributed by atoms with Crippen LogP contribution >= 0.6 is 23.1 Å². The molecule has 4 atom stereocenters. The molecule has 0 amide bonds. The van der Waals surface area contributed by atoms with Crippen LogP contribution in [0, 0.1) is 0 Å². The number of hydrogen-bond donors (Lipinski definition) is 2. The molecule has 4 heteroatoms. The molecule has 0 saturated carbocycles. The number of nitrogens with two attached hydrogens (primary N) is 1. The minimum Gasteiger partial charge on any atom is -0.392 e. The van der Waals surface area contributed by atoms with E-state index in [1.165, 1.54) is 5.56 Å². The van der Waals surface area contributed by atoms with Gasteiger partial charge < -0.3 is 10.8 Å². The molecule has 0 aliphatic carbocycles. The van der Waals surface area contributed by atoms with Crippen molar-refractivity contribution in [3.05, 3.63) is 22.4 Å². The number of aliphatic hydroxyl groups is 1. The summed E-state index contributed by atoms with van der Waals surface area (Å²) in [5.41, 5.74) is 7.25. The monoisotopic (exact) mass is 245 g/mol. The highest BCUT2D eigenvalue weighted by Crippen LogP contribution is 2.36. The normalized spacial score (nSPS) is 19.5. The van der Waals surface area contributed by atoms with Gasteiger partial charge in [0, 0.05) is 16.5 Å². The lowest BCUT2D eigenvalue weighted by molar-refractivity contribution is 0.196. The molecule has 3 N–H and O–H groups in total.